The summed E-state index contributed by atoms with van der Waals surface area (Å²) in [5, 5.41) is 0. The predicted octanol–water partition coefficient (Wildman–Crippen LogP) is 13.4. The van der Waals surface area contributed by atoms with Crippen molar-refractivity contribution in [3.05, 3.63) is 210 Å². The van der Waals surface area contributed by atoms with E-state index >= 15 is 0 Å². The van der Waals surface area contributed by atoms with Crippen LogP contribution in [0.4, 0.5) is 11.4 Å². The molecule has 2 aromatic rings. The molecule has 0 spiro atoms. The van der Waals surface area contributed by atoms with E-state index in [1.165, 1.54) is 64.3 Å². The maximum atomic E-state index is 4.58. The van der Waals surface area contributed by atoms with Crippen LogP contribution in [-0.4, -0.2) is 4.90 Å². The van der Waals surface area contributed by atoms with Crippen molar-refractivity contribution in [3.8, 4) is 0 Å². The van der Waals surface area contributed by atoms with Crippen molar-refractivity contribution in [3.63, 3.8) is 0 Å². The van der Waals surface area contributed by atoms with Gasteiger partial charge in [-0.05, 0) is 141 Å². The third-order valence-corrected chi connectivity index (χ3v) is 10.8. The van der Waals surface area contributed by atoms with Crippen molar-refractivity contribution < 1.29 is 0 Å². The molecule has 2 aromatic carbocycles. The highest BCUT2D eigenvalue weighted by Crippen LogP contribution is 2.39. The third kappa shape index (κ3) is 8.08. The van der Waals surface area contributed by atoms with Gasteiger partial charge in [-0.3, -0.25) is 0 Å². The van der Waals surface area contributed by atoms with Gasteiger partial charge in [-0.25, -0.2) is 0 Å². The zero-order valence-corrected chi connectivity index (χ0v) is 30.8. The fourth-order valence-electron chi connectivity index (χ4n) is 7.95. The molecule has 2 nitrogen and oxygen atoms in total. The summed E-state index contributed by atoms with van der Waals surface area (Å²) >= 11 is 0. The van der Waals surface area contributed by atoms with Gasteiger partial charge < -0.3 is 9.80 Å². The number of hydrogen-bond donors (Lipinski definition) is 0. The van der Waals surface area contributed by atoms with Crippen molar-refractivity contribution >= 4 is 16.9 Å². The summed E-state index contributed by atoms with van der Waals surface area (Å²) in [5.74, 6) is 0.372. The Morgan fingerprint density at radius 2 is 1.71 bits per heavy atom. The van der Waals surface area contributed by atoms with Crippen LogP contribution in [0.1, 0.15) is 75.0 Å². The number of nitrogens with zero attached hydrogens (tertiary/aromatic N) is 2. The van der Waals surface area contributed by atoms with Gasteiger partial charge in [0.05, 0.1) is 0 Å². The molecule has 0 aliphatic heterocycles. The van der Waals surface area contributed by atoms with Gasteiger partial charge >= 0.3 is 0 Å². The second kappa shape index (κ2) is 16.8. The summed E-state index contributed by atoms with van der Waals surface area (Å²) in [6.45, 7) is 11.2. The molecule has 5 aliphatic rings. The van der Waals surface area contributed by atoms with Crippen LogP contribution < -0.4 is 4.90 Å². The first kappa shape index (κ1) is 35.1. The molecular formula is C50H52N2. The summed E-state index contributed by atoms with van der Waals surface area (Å²) in [6, 6.07) is 15.8. The minimum atomic E-state index is 0.372. The number of allylic oxidation sites excluding steroid dienone is 21. The second-order valence-corrected chi connectivity index (χ2v) is 14.3. The fourth-order valence-corrected chi connectivity index (χ4v) is 7.95. The molecule has 0 aromatic heterocycles. The summed E-state index contributed by atoms with van der Waals surface area (Å²) < 4.78 is 0. The smallest absolute Gasteiger partial charge is 0.0496 e. The minimum Gasteiger partial charge on any atom is -0.315 e. The van der Waals surface area contributed by atoms with E-state index in [2.05, 4.69) is 176 Å². The first-order valence-corrected chi connectivity index (χ1v) is 19.3. The van der Waals surface area contributed by atoms with Gasteiger partial charge in [-0.15, -0.1) is 0 Å². The van der Waals surface area contributed by atoms with Gasteiger partial charge in [0.1, 0.15) is 0 Å². The van der Waals surface area contributed by atoms with Crippen LogP contribution in [0.2, 0.25) is 0 Å². The summed E-state index contributed by atoms with van der Waals surface area (Å²) in [6.07, 6.45) is 49.2. The zero-order valence-electron chi connectivity index (χ0n) is 30.8. The number of hydrogen-bond acceptors (Lipinski definition) is 2. The van der Waals surface area contributed by atoms with Crippen LogP contribution in [0.3, 0.4) is 0 Å². The van der Waals surface area contributed by atoms with Gasteiger partial charge in [-0.2, -0.15) is 0 Å². The molecule has 0 saturated heterocycles. The van der Waals surface area contributed by atoms with Gasteiger partial charge in [0, 0.05) is 40.1 Å². The minimum absolute atomic E-state index is 0.372. The first-order chi connectivity index (χ1) is 25.6. The van der Waals surface area contributed by atoms with E-state index in [1.807, 2.05) is 0 Å². The highest BCUT2D eigenvalue weighted by Gasteiger charge is 2.24. The molecule has 0 radical (unpaired) electrons. The molecule has 0 fully saturated rings. The van der Waals surface area contributed by atoms with E-state index in [-0.39, 0.29) is 0 Å². The van der Waals surface area contributed by atoms with Crippen molar-refractivity contribution in [1.82, 2.24) is 4.90 Å². The van der Waals surface area contributed by atoms with Crippen LogP contribution in [0, 0.1) is 5.92 Å². The zero-order chi connectivity index (χ0) is 35.7. The van der Waals surface area contributed by atoms with Crippen molar-refractivity contribution in [2.75, 3.05) is 4.90 Å². The Kier molecular flexibility index (Phi) is 11.3. The number of aryl methyl sites for hydroxylation is 1. The Hall–Kier alpha value is -5.34. The summed E-state index contributed by atoms with van der Waals surface area (Å²) in [7, 11) is 0. The second-order valence-electron chi connectivity index (χ2n) is 14.3. The van der Waals surface area contributed by atoms with E-state index in [9.17, 15) is 0 Å². The molecule has 1 atom stereocenters. The average molecular weight is 681 g/mol. The normalized spacial score (nSPS) is 20.4. The molecule has 0 bridgehead atoms. The maximum absolute atomic E-state index is 4.58. The molecule has 0 saturated carbocycles. The first-order valence-electron chi connectivity index (χ1n) is 19.3. The van der Waals surface area contributed by atoms with Gasteiger partial charge in [0.25, 0.3) is 0 Å². The summed E-state index contributed by atoms with van der Waals surface area (Å²) in [4.78, 5) is 4.78. The van der Waals surface area contributed by atoms with E-state index in [0.29, 0.717) is 5.92 Å². The lowest BCUT2D eigenvalue weighted by atomic mass is 9.86. The van der Waals surface area contributed by atoms with E-state index in [0.717, 1.165) is 67.5 Å². The Labute approximate surface area is 312 Å². The van der Waals surface area contributed by atoms with Crippen LogP contribution in [0.15, 0.2) is 193 Å². The molecule has 2 heteroatoms. The highest BCUT2D eigenvalue weighted by molar-refractivity contribution is 5.78. The standard InChI is InChI=1S/C50H52N2/c1-4-45(51(39(3)17-15-20-40-18-7-5-8-19-40)48-36-32-42-21-11-12-23-44(42)37-48)33-29-38(2)41-30-34-47(35-31-41)52(46-25-9-6-10-26-46)50-28-16-24-43-22-13-14-27-49(43)50/h4-5,7,9,11-12,15-17,20-21,23-26,28-36,44H,2-3,6,8,10,13-14,18-19,22,27,37H2,1H3/b17-15-,33-29-,40-20+,45-4+. The average Bonchev–Trinajstić information content (AvgIpc) is 3.20. The fraction of sp³-hybridized carbons (Fsp3) is 0.240. The lowest BCUT2D eigenvalue weighted by Gasteiger charge is -2.33. The molecule has 262 valence electrons. The molecule has 1 unspecified atom stereocenters. The molecule has 0 amide bonds. The maximum Gasteiger partial charge on any atom is 0.0496 e. The van der Waals surface area contributed by atoms with Crippen molar-refractivity contribution in [2.45, 2.75) is 71.1 Å². The predicted molar refractivity (Wildman–Crippen MR) is 224 cm³/mol. The molecule has 5 aliphatic carbocycles. The Morgan fingerprint density at radius 3 is 2.52 bits per heavy atom. The van der Waals surface area contributed by atoms with Crippen molar-refractivity contribution in [1.29, 1.82) is 0 Å². The summed E-state index contributed by atoms with van der Waals surface area (Å²) in [5.41, 5.74) is 14.9. The lowest BCUT2D eigenvalue weighted by Crippen LogP contribution is -2.23. The van der Waals surface area contributed by atoms with Crippen LogP contribution in [0.25, 0.3) is 5.57 Å². The van der Waals surface area contributed by atoms with E-state index < -0.39 is 0 Å². The topological polar surface area (TPSA) is 6.48 Å². The molecule has 7 rings (SSSR count). The molecular weight excluding hydrogens is 629 g/mol. The molecule has 0 N–H and O–H groups in total. The number of anilines is 2. The lowest BCUT2D eigenvalue weighted by molar-refractivity contribution is 0.505. The molecule has 0 heterocycles. The Bertz CT molecular complexity index is 2020. The molecule has 52 heavy (non-hydrogen) atoms. The number of fused-ring (bicyclic) bond motifs is 2. The van der Waals surface area contributed by atoms with E-state index in [1.54, 1.807) is 0 Å². The van der Waals surface area contributed by atoms with Gasteiger partial charge in [0.15, 0.2) is 0 Å². The Balaban J connectivity index is 1.14. The highest BCUT2D eigenvalue weighted by atomic mass is 15.2. The monoisotopic (exact) mass is 680 g/mol. The number of benzene rings is 2. The Morgan fingerprint density at radius 1 is 0.827 bits per heavy atom. The van der Waals surface area contributed by atoms with Crippen LogP contribution >= 0.6 is 0 Å². The van der Waals surface area contributed by atoms with Crippen LogP contribution in [-0.2, 0) is 12.8 Å². The SMILES string of the molecule is C=C(/C=C\C(=C/C)N(C(=C)/C=C\C=C1/CC=CCC1)C1=CC=C2C=CC=CC2C1)c1ccc(N(C2=CCCC=C2)c2cccc3c2CCCC3)cc1. The van der Waals surface area contributed by atoms with E-state index in [4.69, 9.17) is 0 Å². The largest absolute Gasteiger partial charge is 0.315 e. The van der Waals surface area contributed by atoms with Gasteiger partial charge in [-0.1, -0.05) is 122 Å². The van der Waals surface area contributed by atoms with Crippen LogP contribution in [0.5, 0.6) is 0 Å². The third-order valence-electron chi connectivity index (χ3n) is 10.8. The quantitative estimate of drug-likeness (QED) is 0.172. The number of rotatable bonds is 11. The van der Waals surface area contributed by atoms with Gasteiger partial charge in [0.2, 0.25) is 0 Å². The van der Waals surface area contributed by atoms with Crippen molar-refractivity contribution in [2.24, 2.45) is 5.92 Å².